The van der Waals surface area contributed by atoms with Crippen molar-refractivity contribution in [2.24, 2.45) is 11.1 Å². The Morgan fingerprint density at radius 2 is 2.00 bits per heavy atom. The molecule has 1 unspecified atom stereocenters. The van der Waals surface area contributed by atoms with Crippen molar-refractivity contribution in [1.82, 2.24) is 4.90 Å². The zero-order chi connectivity index (χ0) is 7.84. The van der Waals surface area contributed by atoms with E-state index in [1.807, 2.05) is 0 Å². The second kappa shape index (κ2) is 3.62. The van der Waals surface area contributed by atoms with Crippen LogP contribution in [0.1, 0.15) is 19.8 Å². The maximum absolute atomic E-state index is 8.74. The molecule has 12 heavy (non-hydrogen) atoms. The van der Waals surface area contributed by atoms with E-state index in [1.54, 1.807) is 0 Å². The molecule has 0 aromatic rings. The van der Waals surface area contributed by atoms with E-state index in [0.29, 0.717) is 12.0 Å². The Balaban J connectivity index is 0.000000720. The van der Waals surface area contributed by atoms with Gasteiger partial charge >= 0.3 is 0 Å². The lowest BCUT2D eigenvalue weighted by atomic mass is 9.82. The second-order valence-electron chi connectivity index (χ2n) is 3.51. The van der Waals surface area contributed by atoms with Gasteiger partial charge in [0, 0.05) is 12.0 Å². The molecular formula is C8H15ClN2O. The third-order valence-corrected chi connectivity index (χ3v) is 3.04. The van der Waals surface area contributed by atoms with Crippen LogP contribution < -0.4 is 0 Å². The molecule has 3 aliphatic heterocycles. The van der Waals surface area contributed by atoms with Crippen LogP contribution in [0.15, 0.2) is 5.16 Å². The Bertz CT molecular complexity index is 183. The van der Waals surface area contributed by atoms with E-state index >= 15 is 0 Å². The molecule has 2 bridgehead atoms. The van der Waals surface area contributed by atoms with Gasteiger partial charge in [0.15, 0.2) is 0 Å². The van der Waals surface area contributed by atoms with Gasteiger partial charge in [0.05, 0.1) is 5.71 Å². The van der Waals surface area contributed by atoms with Crippen LogP contribution in [-0.4, -0.2) is 35.0 Å². The molecule has 0 aliphatic carbocycles. The minimum atomic E-state index is 0. The van der Waals surface area contributed by atoms with Crippen molar-refractivity contribution < 1.29 is 5.21 Å². The van der Waals surface area contributed by atoms with Gasteiger partial charge in [0.2, 0.25) is 0 Å². The van der Waals surface area contributed by atoms with Crippen molar-refractivity contribution in [2.45, 2.75) is 25.8 Å². The lowest BCUT2D eigenvalue weighted by Crippen LogP contribution is -2.53. The fraction of sp³-hybridized carbons (Fsp3) is 0.875. The average Bonchev–Trinajstić information content (AvgIpc) is 2.06. The van der Waals surface area contributed by atoms with Crippen molar-refractivity contribution in [3.05, 3.63) is 0 Å². The fourth-order valence-electron chi connectivity index (χ4n) is 2.28. The summed E-state index contributed by atoms with van der Waals surface area (Å²) in [5.74, 6) is 0.569. The monoisotopic (exact) mass is 190 g/mol. The third-order valence-electron chi connectivity index (χ3n) is 3.04. The largest absolute Gasteiger partial charge is 0.411 e. The van der Waals surface area contributed by atoms with Crippen molar-refractivity contribution in [3.8, 4) is 0 Å². The highest BCUT2D eigenvalue weighted by molar-refractivity contribution is 5.92. The van der Waals surface area contributed by atoms with Crippen molar-refractivity contribution >= 4 is 18.1 Å². The van der Waals surface area contributed by atoms with Gasteiger partial charge in [0.25, 0.3) is 0 Å². The second-order valence-corrected chi connectivity index (χ2v) is 3.51. The molecule has 4 heteroatoms. The molecule has 0 saturated carbocycles. The third kappa shape index (κ3) is 1.31. The molecular weight excluding hydrogens is 176 g/mol. The molecule has 0 aromatic heterocycles. The summed E-state index contributed by atoms with van der Waals surface area (Å²) in [6.07, 6.45) is 2.37. The number of oxime groups is 1. The van der Waals surface area contributed by atoms with Gasteiger partial charge in [-0.15, -0.1) is 12.4 Å². The van der Waals surface area contributed by atoms with Crippen LogP contribution in [0.5, 0.6) is 0 Å². The maximum Gasteiger partial charge on any atom is 0.0770 e. The minimum absolute atomic E-state index is 0. The van der Waals surface area contributed by atoms with Crippen LogP contribution in [0.4, 0.5) is 0 Å². The Morgan fingerprint density at radius 3 is 2.33 bits per heavy atom. The van der Waals surface area contributed by atoms with Crippen LogP contribution in [-0.2, 0) is 0 Å². The Labute approximate surface area is 78.8 Å². The molecule has 3 fully saturated rings. The van der Waals surface area contributed by atoms with Crippen LogP contribution in [0, 0.1) is 5.92 Å². The fourth-order valence-corrected chi connectivity index (χ4v) is 2.28. The van der Waals surface area contributed by atoms with Gasteiger partial charge in [-0.05, 0) is 32.9 Å². The van der Waals surface area contributed by atoms with E-state index < -0.39 is 0 Å². The van der Waals surface area contributed by atoms with E-state index in [4.69, 9.17) is 5.21 Å². The SMILES string of the molecule is CC1C(=NO)C2CCN1CC2.Cl. The molecule has 3 saturated heterocycles. The number of piperidine rings is 3. The Hall–Kier alpha value is -0.280. The summed E-state index contributed by atoms with van der Waals surface area (Å²) in [6.45, 7) is 4.50. The minimum Gasteiger partial charge on any atom is -0.411 e. The van der Waals surface area contributed by atoms with Gasteiger partial charge in [-0.25, -0.2) is 0 Å². The van der Waals surface area contributed by atoms with Gasteiger partial charge in [0.1, 0.15) is 0 Å². The summed E-state index contributed by atoms with van der Waals surface area (Å²) in [4.78, 5) is 2.38. The number of hydrogen-bond acceptors (Lipinski definition) is 3. The quantitative estimate of drug-likeness (QED) is 0.463. The number of fused-ring (bicyclic) bond motifs is 3. The van der Waals surface area contributed by atoms with Crippen LogP contribution in [0.2, 0.25) is 0 Å². The first-order valence-corrected chi connectivity index (χ1v) is 4.29. The van der Waals surface area contributed by atoms with Gasteiger partial charge < -0.3 is 5.21 Å². The predicted octanol–water partition coefficient (Wildman–Crippen LogP) is 1.35. The highest BCUT2D eigenvalue weighted by Crippen LogP contribution is 2.29. The standard InChI is InChI=1S/C8H14N2O.ClH/c1-6-8(9-11)7-2-4-10(6)5-3-7;/h6-7,11H,2-5H2,1H3;1H. The number of halogens is 1. The highest BCUT2D eigenvalue weighted by Gasteiger charge is 2.36. The number of nitrogens with zero attached hydrogens (tertiary/aromatic N) is 2. The molecule has 1 N–H and O–H groups in total. The van der Waals surface area contributed by atoms with E-state index in [-0.39, 0.29) is 12.4 Å². The first kappa shape index (κ1) is 9.81. The lowest BCUT2D eigenvalue weighted by molar-refractivity contribution is 0.147. The molecule has 3 aliphatic rings. The van der Waals surface area contributed by atoms with Crippen LogP contribution in [0.25, 0.3) is 0 Å². The van der Waals surface area contributed by atoms with E-state index in [1.165, 1.54) is 25.9 Å². The zero-order valence-corrected chi connectivity index (χ0v) is 8.05. The molecule has 1 atom stereocenters. The molecule has 0 aromatic carbocycles. The van der Waals surface area contributed by atoms with Gasteiger partial charge in [-0.1, -0.05) is 5.16 Å². The maximum atomic E-state index is 8.74. The summed E-state index contributed by atoms with van der Waals surface area (Å²) >= 11 is 0. The van der Waals surface area contributed by atoms with E-state index in [2.05, 4.69) is 17.0 Å². The van der Waals surface area contributed by atoms with Gasteiger partial charge in [-0.2, -0.15) is 0 Å². The molecule has 0 radical (unpaired) electrons. The molecule has 3 heterocycles. The Kier molecular flexibility index (Phi) is 2.96. The van der Waals surface area contributed by atoms with Crippen molar-refractivity contribution in [3.63, 3.8) is 0 Å². The average molecular weight is 191 g/mol. The zero-order valence-electron chi connectivity index (χ0n) is 7.23. The topological polar surface area (TPSA) is 35.8 Å². The highest BCUT2D eigenvalue weighted by atomic mass is 35.5. The smallest absolute Gasteiger partial charge is 0.0770 e. The molecule has 70 valence electrons. The number of rotatable bonds is 0. The van der Waals surface area contributed by atoms with Crippen LogP contribution in [0.3, 0.4) is 0 Å². The first-order chi connectivity index (χ1) is 5.33. The normalized spacial score (nSPS) is 42.8. The number of hydrogen-bond donors (Lipinski definition) is 1. The summed E-state index contributed by atoms with van der Waals surface area (Å²) in [6, 6.07) is 0.382. The lowest BCUT2D eigenvalue weighted by Gasteiger charge is -2.44. The molecule has 0 spiro atoms. The Morgan fingerprint density at radius 1 is 1.42 bits per heavy atom. The van der Waals surface area contributed by atoms with Gasteiger partial charge in [-0.3, -0.25) is 4.90 Å². The summed E-state index contributed by atoms with van der Waals surface area (Å²) in [5, 5.41) is 12.1. The van der Waals surface area contributed by atoms with Crippen molar-refractivity contribution in [1.29, 1.82) is 0 Å². The molecule has 3 rings (SSSR count). The van der Waals surface area contributed by atoms with E-state index in [0.717, 1.165) is 5.71 Å². The summed E-state index contributed by atoms with van der Waals surface area (Å²) < 4.78 is 0. The summed E-state index contributed by atoms with van der Waals surface area (Å²) in [7, 11) is 0. The first-order valence-electron chi connectivity index (χ1n) is 4.29. The summed E-state index contributed by atoms with van der Waals surface area (Å²) in [5.41, 5.74) is 1.00. The predicted molar refractivity (Wildman–Crippen MR) is 50.2 cm³/mol. The van der Waals surface area contributed by atoms with E-state index in [9.17, 15) is 0 Å². The van der Waals surface area contributed by atoms with Crippen LogP contribution >= 0.6 is 12.4 Å². The molecule has 0 amide bonds. The van der Waals surface area contributed by atoms with Crippen molar-refractivity contribution in [2.75, 3.05) is 13.1 Å². The molecule has 3 nitrogen and oxygen atoms in total.